The van der Waals surface area contributed by atoms with Crippen LogP contribution in [0.5, 0.6) is 0 Å². The van der Waals surface area contributed by atoms with Gasteiger partial charge in [-0.05, 0) is 6.92 Å². The van der Waals surface area contributed by atoms with Crippen LogP contribution in [0.2, 0.25) is 0 Å². The lowest BCUT2D eigenvalue weighted by Gasteiger charge is -2.21. The van der Waals surface area contributed by atoms with Crippen LogP contribution in [-0.2, 0) is 0 Å². The van der Waals surface area contributed by atoms with Gasteiger partial charge in [-0.15, -0.1) is 10.3 Å². The average Bonchev–Trinajstić information content (AvgIpc) is 1.85. The van der Waals surface area contributed by atoms with Crippen molar-refractivity contribution in [1.29, 1.82) is 0 Å². The molecule has 0 saturated heterocycles. The van der Waals surface area contributed by atoms with Gasteiger partial charge in [-0.2, -0.15) is 9.82 Å². The molecule has 6 heteroatoms. The molecule has 0 aromatic heterocycles. The van der Waals surface area contributed by atoms with E-state index in [-0.39, 0.29) is 0 Å². The zero-order valence-corrected chi connectivity index (χ0v) is 5.87. The second-order valence-corrected chi connectivity index (χ2v) is 1.94. The number of hydrogen-bond acceptors (Lipinski definition) is 5. The van der Waals surface area contributed by atoms with Gasteiger partial charge in [0.2, 0.25) is 5.97 Å². The fourth-order valence-electron chi connectivity index (χ4n) is 0.540. The average molecular weight is 159 g/mol. The van der Waals surface area contributed by atoms with Gasteiger partial charge in [-0.1, -0.05) is 0 Å². The highest BCUT2D eigenvalue weighted by Crippen LogP contribution is 1.92. The van der Waals surface area contributed by atoms with Crippen LogP contribution in [-0.4, -0.2) is 22.5 Å². The molecule has 0 aromatic rings. The summed E-state index contributed by atoms with van der Waals surface area (Å²) in [6.45, 7) is 1.48. The first-order valence-electron chi connectivity index (χ1n) is 3.01. The van der Waals surface area contributed by atoms with E-state index in [1.807, 2.05) is 0 Å². The fourth-order valence-corrected chi connectivity index (χ4v) is 0.540. The molecule has 3 N–H and O–H groups in total. The lowest BCUT2D eigenvalue weighted by molar-refractivity contribution is 0.0218. The molecule has 5 nitrogen and oxygen atoms in total. The maximum Gasteiger partial charge on any atom is 0.236 e. The summed E-state index contributed by atoms with van der Waals surface area (Å²) in [5.41, 5.74) is 4.79. The Labute approximate surface area is 63.1 Å². The molecule has 0 saturated carbocycles. The number of allylic oxidation sites excluding steroid dienone is 1. The molecule has 1 aliphatic rings. The Morgan fingerprint density at radius 1 is 2.00 bits per heavy atom. The highest BCUT2D eigenvalue weighted by atomic mass is 19.1. The second kappa shape index (κ2) is 3.31. The molecule has 1 atom stereocenters. The van der Waals surface area contributed by atoms with Crippen molar-refractivity contribution in [3.8, 4) is 0 Å². The van der Waals surface area contributed by atoms with E-state index in [4.69, 9.17) is 5.11 Å². The van der Waals surface area contributed by atoms with Gasteiger partial charge in [0, 0.05) is 6.08 Å². The molecular weight excluding hydrogens is 151 g/mol. The highest BCUT2D eigenvalue weighted by Gasteiger charge is 2.06. The second-order valence-electron chi connectivity index (χ2n) is 1.94. The maximum atomic E-state index is 12.3. The fraction of sp³-hybridized carbons (Fsp3) is 0.400. The summed E-state index contributed by atoms with van der Waals surface area (Å²) in [7, 11) is 0. The molecule has 0 fully saturated rings. The van der Waals surface area contributed by atoms with Gasteiger partial charge in [0.15, 0.2) is 0 Å². The van der Waals surface area contributed by atoms with E-state index >= 15 is 0 Å². The summed E-state index contributed by atoms with van der Waals surface area (Å²) in [5.74, 6) is -0.683. The third-order valence-electron chi connectivity index (χ3n) is 0.866. The number of halogens is 1. The molecule has 11 heavy (non-hydrogen) atoms. The Kier molecular flexibility index (Phi) is 2.40. The van der Waals surface area contributed by atoms with E-state index in [1.54, 1.807) is 0 Å². The summed E-state index contributed by atoms with van der Waals surface area (Å²) in [6.07, 6.45) is 2.60. The van der Waals surface area contributed by atoms with Crippen molar-refractivity contribution in [1.82, 2.24) is 16.1 Å². The number of nitrogens with zero attached hydrogens (tertiary/aromatic N) is 2. The minimum absolute atomic E-state index is 0.683. The van der Waals surface area contributed by atoms with Crippen LogP contribution in [0.15, 0.2) is 11.2 Å². The maximum absolute atomic E-state index is 12.3. The van der Waals surface area contributed by atoms with Crippen molar-refractivity contribution in [2.45, 2.75) is 13.2 Å². The molecule has 1 heterocycles. The van der Waals surface area contributed by atoms with Crippen LogP contribution >= 0.6 is 0 Å². The highest BCUT2D eigenvalue weighted by molar-refractivity contribution is 5.85. The lowest BCUT2D eigenvalue weighted by atomic mass is 10.6. The monoisotopic (exact) mass is 159 g/mol. The molecule has 0 spiro atoms. The van der Waals surface area contributed by atoms with Gasteiger partial charge in [0.1, 0.15) is 6.23 Å². The minimum atomic E-state index is -0.807. The number of hydrogen-bond donors (Lipinski definition) is 3. The first-order valence-corrected chi connectivity index (χ1v) is 3.01. The summed E-state index contributed by atoms with van der Waals surface area (Å²) in [4.78, 5) is 0. The van der Waals surface area contributed by atoms with E-state index in [9.17, 15) is 4.39 Å². The van der Waals surface area contributed by atoms with Crippen molar-refractivity contribution in [3.63, 3.8) is 0 Å². The molecule has 1 radical (unpaired) electrons. The number of aliphatic hydroxyl groups is 1. The number of rotatable bonds is 2. The zero-order chi connectivity index (χ0) is 8.27. The topological polar surface area (TPSA) is 59.9 Å². The Hall–Kier alpha value is -1.14. The Bertz CT molecular complexity index is 191. The summed E-state index contributed by atoms with van der Waals surface area (Å²) in [5, 5.41) is 13.0. The zero-order valence-electron chi connectivity index (χ0n) is 5.87. The predicted molar refractivity (Wildman–Crippen MR) is 36.1 cm³/mol. The Morgan fingerprint density at radius 3 is 3.27 bits per heavy atom. The lowest BCUT2D eigenvalue weighted by Crippen LogP contribution is -2.47. The van der Waals surface area contributed by atoms with Crippen LogP contribution in [0.4, 0.5) is 4.39 Å². The first kappa shape index (κ1) is 7.96. The van der Waals surface area contributed by atoms with Crippen molar-refractivity contribution >= 4 is 5.97 Å². The minimum Gasteiger partial charge on any atom is -0.377 e. The van der Waals surface area contributed by atoms with Crippen LogP contribution in [0.25, 0.3) is 0 Å². The molecule has 1 unspecified atom stereocenters. The third kappa shape index (κ3) is 2.52. The van der Waals surface area contributed by atoms with Gasteiger partial charge < -0.3 is 5.11 Å². The van der Waals surface area contributed by atoms with Gasteiger partial charge in [0.05, 0.1) is 6.20 Å². The number of hydrazine groups is 2. The molecule has 0 aliphatic carbocycles. The van der Waals surface area contributed by atoms with E-state index in [0.29, 0.717) is 0 Å². The van der Waals surface area contributed by atoms with E-state index in [2.05, 4.69) is 22.2 Å². The van der Waals surface area contributed by atoms with Gasteiger partial charge in [0.25, 0.3) is 0 Å². The van der Waals surface area contributed by atoms with Crippen molar-refractivity contribution in [2.75, 3.05) is 0 Å². The number of aliphatic hydroxyl groups excluding tert-OH is 1. The molecule has 0 amide bonds. The summed E-state index contributed by atoms with van der Waals surface area (Å²) in [6, 6.07) is 0. The van der Waals surface area contributed by atoms with E-state index in [0.717, 1.165) is 11.3 Å². The molecule has 0 aromatic carbocycles. The third-order valence-corrected chi connectivity index (χ3v) is 0.866. The van der Waals surface area contributed by atoms with Crippen LogP contribution in [0, 0.1) is 6.20 Å². The van der Waals surface area contributed by atoms with Crippen LogP contribution in [0.1, 0.15) is 6.92 Å². The molecule has 1 rings (SSSR count). The first-order chi connectivity index (χ1) is 5.18. The summed E-state index contributed by atoms with van der Waals surface area (Å²) >= 11 is 0. The van der Waals surface area contributed by atoms with Crippen LogP contribution < -0.4 is 10.9 Å². The van der Waals surface area contributed by atoms with Crippen molar-refractivity contribution in [2.24, 2.45) is 5.10 Å². The van der Waals surface area contributed by atoms with Crippen molar-refractivity contribution < 1.29 is 9.50 Å². The molecule has 61 valence electrons. The Balaban J connectivity index is 2.44. The van der Waals surface area contributed by atoms with Crippen LogP contribution in [0.3, 0.4) is 0 Å². The normalized spacial score (nSPS) is 19.2. The largest absolute Gasteiger partial charge is 0.377 e. The molecule has 0 bridgehead atoms. The predicted octanol–water partition coefficient (Wildman–Crippen LogP) is -0.751. The quantitative estimate of drug-likeness (QED) is 0.464. The summed E-state index contributed by atoms with van der Waals surface area (Å²) < 4.78 is 12.3. The number of nitrogens with one attached hydrogen (secondary N) is 2. The standard InChI is InChI=1S/C5H8FN4O/c1-4(11)8-10-7-3-2-5(6)9-10/h2,4,7-8,11H,1H3. The molecule has 1 aliphatic heterocycles. The van der Waals surface area contributed by atoms with Gasteiger partial charge >= 0.3 is 0 Å². The van der Waals surface area contributed by atoms with Gasteiger partial charge in [-0.3, -0.25) is 5.43 Å². The van der Waals surface area contributed by atoms with E-state index < -0.39 is 12.2 Å². The van der Waals surface area contributed by atoms with Crippen molar-refractivity contribution in [3.05, 3.63) is 12.3 Å². The van der Waals surface area contributed by atoms with E-state index in [1.165, 1.54) is 6.92 Å². The SMILES string of the molecule is CC(O)NN1N=C(F)C=[C]N1. The smallest absolute Gasteiger partial charge is 0.236 e. The number of hydrazone groups is 1. The van der Waals surface area contributed by atoms with Gasteiger partial charge in [-0.25, -0.2) is 0 Å². The molecular formula is C5H8FN4O. The Morgan fingerprint density at radius 2 is 2.73 bits per heavy atom.